The van der Waals surface area contributed by atoms with E-state index < -0.39 is 24.7 Å². The topological polar surface area (TPSA) is 109 Å². The van der Waals surface area contributed by atoms with Gasteiger partial charge in [-0.15, -0.1) is 0 Å². The number of ether oxygens (including phenoxy) is 2. The highest BCUT2D eigenvalue weighted by molar-refractivity contribution is 6.02. The Kier molecular flexibility index (Phi) is 9.83. The normalized spacial score (nSPS) is 21.4. The molecule has 2 N–H and O–H groups in total. The maximum Gasteiger partial charge on any atom is 0.390 e. The Morgan fingerprint density at radius 3 is 2.54 bits per heavy atom. The number of rotatable bonds is 5. The molecule has 0 saturated heterocycles. The maximum atomic E-state index is 13.5. The predicted octanol–water partition coefficient (Wildman–Crippen LogP) is 4.69. The van der Waals surface area contributed by atoms with Crippen molar-refractivity contribution in [2.75, 3.05) is 51.0 Å². The number of aromatic nitrogens is 1. The van der Waals surface area contributed by atoms with Gasteiger partial charge in [0, 0.05) is 45.5 Å². The number of likely N-dealkylation sites (N-methyl/N-ethyl adjacent to an activating group) is 1. The lowest BCUT2D eigenvalue weighted by molar-refractivity contribution is -0.140. The molecule has 0 unspecified atom stereocenters. The van der Waals surface area contributed by atoms with Crippen molar-refractivity contribution in [1.29, 1.82) is 0 Å². The van der Waals surface area contributed by atoms with Gasteiger partial charge in [-0.2, -0.15) is 13.2 Å². The summed E-state index contributed by atoms with van der Waals surface area (Å²) in [7, 11) is 3.14. The van der Waals surface area contributed by atoms with Crippen molar-refractivity contribution in [1.82, 2.24) is 15.0 Å². The zero-order chi connectivity index (χ0) is 28.9. The summed E-state index contributed by atoms with van der Waals surface area (Å²) in [6.45, 7) is 7.48. The molecule has 2 aromatic rings. The molecule has 1 aliphatic heterocycles. The van der Waals surface area contributed by atoms with E-state index in [4.69, 9.17) is 14.0 Å². The SMILES string of the molecule is CO[C@H]1CN(C)C(=O)c2cc(NC(=O)Nc3c(C)noc3C)ccc2OC[C@H](C)N(CCC(F)(F)F)C[C@H]1C. The third-order valence-electron chi connectivity index (χ3n) is 6.79. The van der Waals surface area contributed by atoms with Crippen LogP contribution in [0.5, 0.6) is 5.75 Å². The number of urea groups is 1. The number of alkyl halides is 3. The Hall–Kier alpha value is -3.32. The number of halogens is 3. The second kappa shape index (κ2) is 12.7. The van der Waals surface area contributed by atoms with Gasteiger partial charge in [0.25, 0.3) is 5.91 Å². The molecule has 13 heteroatoms. The fourth-order valence-corrected chi connectivity index (χ4v) is 4.45. The predicted molar refractivity (Wildman–Crippen MR) is 139 cm³/mol. The molecule has 39 heavy (non-hydrogen) atoms. The summed E-state index contributed by atoms with van der Waals surface area (Å²) >= 11 is 0. The molecule has 0 radical (unpaired) electrons. The first-order chi connectivity index (χ1) is 18.3. The fraction of sp³-hybridized carbons (Fsp3) is 0.577. The van der Waals surface area contributed by atoms with E-state index in [0.29, 0.717) is 29.4 Å². The summed E-state index contributed by atoms with van der Waals surface area (Å²) in [6, 6.07) is 3.72. The smallest absolute Gasteiger partial charge is 0.390 e. The van der Waals surface area contributed by atoms with E-state index in [0.717, 1.165) is 0 Å². The molecule has 0 bridgehead atoms. The third-order valence-corrected chi connectivity index (χ3v) is 6.79. The molecular weight excluding hydrogens is 519 g/mol. The Morgan fingerprint density at radius 1 is 1.21 bits per heavy atom. The van der Waals surface area contributed by atoms with Gasteiger partial charge >= 0.3 is 12.2 Å². The molecule has 216 valence electrons. The maximum absolute atomic E-state index is 13.5. The molecular formula is C26H36F3N5O5. The molecule has 1 aromatic heterocycles. The van der Waals surface area contributed by atoms with E-state index in [1.807, 2.05) is 6.92 Å². The van der Waals surface area contributed by atoms with E-state index in [1.54, 1.807) is 44.9 Å². The van der Waals surface area contributed by atoms with E-state index in [9.17, 15) is 22.8 Å². The van der Waals surface area contributed by atoms with Crippen molar-refractivity contribution in [3.05, 3.63) is 35.2 Å². The van der Waals surface area contributed by atoms with E-state index >= 15 is 0 Å². The van der Waals surface area contributed by atoms with Crippen LogP contribution in [0, 0.1) is 19.8 Å². The number of carbonyl (C=O) groups excluding carboxylic acids is 2. The lowest BCUT2D eigenvalue weighted by Gasteiger charge is -2.36. The quantitative estimate of drug-likeness (QED) is 0.551. The van der Waals surface area contributed by atoms with Crippen molar-refractivity contribution in [3.63, 3.8) is 0 Å². The highest BCUT2D eigenvalue weighted by atomic mass is 19.4. The number of carbonyl (C=O) groups is 2. The van der Waals surface area contributed by atoms with Crippen LogP contribution < -0.4 is 15.4 Å². The van der Waals surface area contributed by atoms with Crippen LogP contribution in [0.4, 0.5) is 29.3 Å². The van der Waals surface area contributed by atoms with Gasteiger partial charge in [-0.1, -0.05) is 12.1 Å². The van der Waals surface area contributed by atoms with Crippen LogP contribution in [0.2, 0.25) is 0 Å². The number of hydrogen-bond acceptors (Lipinski definition) is 7. The second-order valence-electron chi connectivity index (χ2n) is 9.95. The van der Waals surface area contributed by atoms with E-state index in [-0.39, 0.29) is 48.9 Å². The molecule has 0 spiro atoms. The van der Waals surface area contributed by atoms with Gasteiger partial charge in [0.05, 0.1) is 18.1 Å². The third kappa shape index (κ3) is 8.09. The minimum Gasteiger partial charge on any atom is -0.491 e. The van der Waals surface area contributed by atoms with Crippen LogP contribution in [0.3, 0.4) is 0 Å². The fourth-order valence-electron chi connectivity index (χ4n) is 4.45. The van der Waals surface area contributed by atoms with Crippen molar-refractivity contribution in [2.24, 2.45) is 5.92 Å². The number of nitrogens with one attached hydrogen (secondary N) is 2. The lowest BCUT2D eigenvalue weighted by atomic mass is 10.0. The van der Waals surface area contributed by atoms with Crippen molar-refractivity contribution >= 4 is 23.3 Å². The summed E-state index contributed by atoms with van der Waals surface area (Å²) in [5, 5.41) is 9.18. The number of benzene rings is 1. The van der Waals surface area contributed by atoms with E-state index in [2.05, 4.69) is 15.8 Å². The van der Waals surface area contributed by atoms with Crippen LogP contribution in [0.15, 0.2) is 22.7 Å². The Morgan fingerprint density at radius 2 is 1.92 bits per heavy atom. The van der Waals surface area contributed by atoms with Gasteiger partial charge in [-0.3, -0.25) is 9.69 Å². The second-order valence-corrected chi connectivity index (χ2v) is 9.95. The van der Waals surface area contributed by atoms with Gasteiger partial charge in [0.2, 0.25) is 0 Å². The summed E-state index contributed by atoms with van der Waals surface area (Å²) in [5.41, 5.74) is 1.50. The number of methoxy groups -OCH3 is 1. The van der Waals surface area contributed by atoms with Gasteiger partial charge < -0.3 is 29.5 Å². The minimum absolute atomic E-state index is 0.0610. The molecule has 2 heterocycles. The summed E-state index contributed by atoms with van der Waals surface area (Å²) in [5.74, 6) is 0.191. The zero-order valence-corrected chi connectivity index (χ0v) is 23.0. The van der Waals surface area contributed by atoms with Crippen LogP contribution in [-0.4, -0.2) is 85.6 Å². The van der Waals surface area contributed by atoms with Crippen molar-refractivity contribution < 1.29 is 36.8 Å². The highest BCUT2D eigenvalue weighted by Gasteiger charge is 2.32. The number of anilines is 2. The number of amides is 3. The van der Waals surface area contributed by atoms with Crippen molar-refractivity contribution in [2.45, 2.75) is 52.4 Å². The molecule has 0 aliphatic carbocycles. The van der Waals surface area contributed by atoms with Crippen LogP contribution in [0.25, 0.3) is 0 Å². The molecule has 10 nitrogen and oxygen atoms in total. The first kappa shape index (κ1) is 30.2. The molecule has 1 aromatic carbocycles. The first-order valence-corrected chi connectivity index (χ1v) is 12.7. The Balaban J connectivity index is 1.87. The molecule has 0 saturated carbocycles. The highest BCUT2D eigenvalue weighted by Crippen LogP contribution is 2.28. The standard InChI is InChI=1S/C26H36F3N5O5/c1-15-12-34(10-9-26(27,28)29)16(2)14-38-21-8-7-19(11-20(21)24(35)33(5)13-22(15)37-6)30-25(36)31-23-17(3)32-39-18(23)4/h7-8,11,15-16,22H,9-10,12-14H2,1-6H3,(H2,30,31,36)/t15-,16+,22+/m1/s1. The van der Waals surface area contributed by atoms with Gasteiger partial charge in [0.15, 0.2) is 5.76 Å². The summed E-state index contributed by atoms with van der Waals surface area (Å²) < 4.78 is 55.7. The first-order valence-electron chi connectivity index (χ1n) is 12.7. The number of fused-ring (bicyclic) bond motifs is 1. The Labute approximate surface area is 225 Å². The van der Waals surface area contributed by atoms with Gasteiger partial charge in [-0.25, -0.2) is 4.79 Å². The summed E-state index contributed by atoms with van der Waals surface area (Å²) in [4.78, 5) is 29.3. The minimum atomic E-state index is -4.28. The monoisotopic (exact) mass is 555 g/mol. The average Bonchev–Trinajstić information content (AvgIpc) is 3.18. The average molecular weight is 556 g/mol. The Bertz CT molecular complexity index is 1140. The number of hydrogen-bond donors (Lipinski definition) is 2. The largest absolute Gasteiger partial charge is 0.491 e. The molecule has 3 rings (SSSR count). The van der Waals surface area contributed by atoms with E-state index in [1.165, 1.54) is 18.1 Å². The van der Waals surface area contributed by atoms with Crippen LogP contribution >= 0.6 is 0 Å². The number of aryl methyl sites for hydroxylation is 2. The van der Waals surface area contributed by atoms with Crippen LogP contribution in [0.1, 0.15) is 42.1 Å². The van der Waals surface area contributed by atoms with Gasteiger partial charge in [-0.05, 0) is 44.9 Å². The van der Waals surface area contributed by atoms with Crippen molar-refractivity contribution in [3.8, 4) is 5.75 Å². The summed E-state index contributed by atoms with van der Waals surface area (Å²) in [6.07, 6.45) is -5.64. The van der Waals surface area contributed by atoms with Gasteiger partial charge in [0.1, 0.15) is 23.7 Å². The lowest BCUT2D eigenvalue weighted by Crippen LogP contribution is -2.47. The number of nitrogens with zero attached hydrogens (tertiary/aromatic N) is 3. The zero-order valence-electron chi connectivity index (χ0n) is 23.0. The van der Waals surface area contributed by atoms with Crippen LogP contribution in [-0.2, 0) is 4.74 Å². The molecule has 1 aliphatic rings. The molecule has 3 atom stereocenters. The molecule has 3 amide bonds. The molecule has 0 fully saturated rings.